The zero-order valence-electron chi connectivity index (χ0n) is 9.98. The Bertz CT molecular complexity index is 267. The van der Waals surface area contributed by atoms with Crippen LogP contribution in [0.1, 0.15) is 12.6 Å². The molecule has 0 amide bonds. The van der Waals surface area contributed by atoms with Crippen LogP contribution in [0.25, 0.3) is 0 Å². The van der Waals surface area contributed by atoms with Gasteiger partial charge in [0.2, 0.25) is 0 Å². The molecule has 0 fully saturated rings. The summed E-state index contributed by atoms with van der Waals surface area (Å²) < 4.78 is 10.3. The number of ether oxygens (including phenoxy) is 2. The SMILES string of the molecule is COCCOCC(C)NCc1ccccn1. The van der Waals surface area contributed by atoms with E-state index in [9.17, 15) is 0 Å². The lowest BCUT2D eigenvalue weighted by Crippen LogP contribution is -2.30. The maximum absolute atomic E-state index is 5.42. The molecule has 1 unspecified atom stereocenters. The second-order valence-electron chi connectivity index (χ2n) is 3.67. The fourth-order valence-corrected chi connectivity index (χ4v) is 1.24. The third-order valence-electron chi connectivity index (χ3n) is 2.16. The summed E-state index contributed by atoms with van der Waals surface area (Å²) in [5.41, 5.74) is 1.05. The molecule has 4 heteroatoms. The van der Waals surface area contributed by atoms with Gasteiger partial charge in [-0.1, -0.05) is 6.07 Å². The minimum atomic E-state index is 0.318. The van der Waals surface area contributed by atoms with Crippen molar-refractivity contribution in [1.29, 1.82) is 0 Å². The largest absolute Gasteiger partial charge is 0.382 e. The number of rotatable bonds is 8. The highest BCUT2D eigenvalue weighted by Gasteiger charge is 2.01. The highest BCUT2D eigenvalue weighted by Crippen LogP contribution is 1.94. The Hall–Kier alpha value is -0.970. The van der Waals surface area contributed by atoms with E-state index in [0.29, 0.717) is 25.9 Å². The summed E-state index contributed by atoms with van der Waals surface area (Å²) in [6, 6.07) is 6.23. The summed E-state index contributed by atoms with van der Waals surface area (Å²) in [6.45, 7) is 4.85. The Morgan fingerprint density at radius 2 is 2.25 bits per heavy atom. The molecule has 0 spiro atoms. The van der Waals surface area contributed by atoms with Crippen molar-refractivity contribution in [3.63, 3.8) is 0 Å². The van der Waals surface area contributed by atoms with Crippen LogP contribution >= 0.6 is 0 Å². The molecule has 90 valence electrons. The fourth-order valence-electron chi connectivity index (χ4n) is 1.24. The maximum Gasteiger partial charge on any atom is 0.0701 e. The molecule has 0 aliphatic heterocycles. The highest BCUT2D eigenvalue weighted by molar-refractivity contribution is 5.02. The van der Waals surface area contributed by atoms with Crippen LogP contribution in [0.5, 0.6) is 0 Å². The second kappa shape index (κ2) is 8.21. The van der Waals surface area contributed by atoms with Gasteiger partial charge in [-0.25, -0.2) is 0 Å². The van der Waals surface area contributed by atoms with Crippen molar-refractivity contribution in [3.05, 3.63) is 30.1 Å². The van der Waals surface area contributed by atoms with Gasteiger partial charge in [0.05, 0.1) is 25.5 Å². The molecule has 1 heterocycles. The zero-order valence-corrected chi connectivity index (χ0v) is 9.98. The molecular weight excluding hydrogens is 204 g/mol. The van der Waals surface area contributed by atoms with E-state index in [1.807, 2.05) is 18.2 Å². The van der Waals surface area contributed by atoms with Crippen LogP contribution in [0, 0.1) is 0 Å². The average Bonchev–Trinajstić information content (AvgIpc) is 2.33. The lowest BCUT2D eigenvalue weighted by Gasteiger charge is -2.13. The Morgan fingerprint density at radius 1 is 1.38 bits per heavy atom. The van der Waals surface area contributed by atoms with Crippen LogP contribution in [-0.2, 0) is 16.0 Å². The van der Waals surface area contributed by atoms with Gasteiger partial charge in [0, 0.05) is 25.9 Å². The average molecular weight is 224 g/mol. The summed E-state index contributed by atoms with van der Waals surface area (Å²) >= 11 is 0. The fraction of sp³-hybridized carbons (Fsp3) is 0.583. The first-order valence-electron chi connectivity index (χ1n) is 5.53. The van der Waals surface area contributed by atoms with E-state index >= 15 is 0 Å². The van der Waals surface area contributed by atoms with Gasteiger partial charge in [-0.05, 0) is 19.1 Å². The molecule has 0 aromatic carbocycles. The summed E-state index contributed by atoms with van der Waals surface area (Å²) in [6.07, 6.45) is 1.80. The van der Waals surface area contributed by atoms with Gasteiger partial charge in [0.25, 0.3) is 0 Å². The Balaban J connectivity index is 2.08. The van der Waals surface area contributed by atoms with E-state index in [1.54, 1.807) is 13.3 Å². The molecule has 0 radical (unpaired) electrons. The molecule has 1 N–H and O–H groups in total. The predicted molar refractivity (Wildman–Crippen MR) is 63.2 cm³/mol. The highest BCUT2D eigenvalue weighted by atomic mass is 16.5. The summed E-state index contributed by atoms with van der Waals surface area (Å²) in [7, 11) is 1.67. The van der Waals surface area contributed by atoms with E-state index < -0.39 is 0 Å². The molecule has 0 aliphatic rings. The second-order valence-corrected chi connectivity index (χ2v) is 3.67. The molecule has 1 rings (SSSR count). The van der Waals surface area contributed by atoms with Gasteiger partial charge in [-0.15, -0.1) is 0 Å². The molecular formula is C12H20N2O2. The molecule has 16 heavy (non-hydrogen) atoms. The molecule has 0 saturated heterocycles. The first kappa shape index (κ1) is 13.1. The molecule has 1 aromatic heterocycles. The molecule has 1 atom stereocenters. The van der Waals surface area contributed by atoms with Crippen molar-refractivity contribution < 1.29 is 9.47 Å². The van der Waals surface area contributed by atoms with E-state index in [4.69, 9.17) is 9.47 Å². The third kappa shape index (κ3) is 5.80. The number of nitrogens with one attached hydrogen (secondary N) is 1. The minimum Gasteiger partial charge on any atom is -0.382 e. The maximum atomic E-state index is 5.42. The predicted octanol–water partition coefficient (Wildman–Crippen LogP) is 1.22. The topological polar surface area (TPSA) is 43.4 Å². The summed E-state index contributed by atoms with van der Waals surface area (Å²) in [5, 5.41) is 3.35. The molecule has 4 nitrogen and oxygen atoms in total. The first-order chi connectivity index (χ1) is 7.83. The third-order valence-corrected chi connectivity index (χ3v) is 2.16. The van der Waals surface area contributed by atoms with E-state index in [1.165, 1.54) is 0 Å². The number of methoxy groups -OCH3 is 1. The zero-order chi connectivity index (χ0) is 11.6. The van der Waals surface area contributed by atoms with E-state index in [0.717, 1.165) is 12.2 Å². The van der Waals surface area contributed by atoms with Crippen LogP contribution in [0.4, 0.5) is 0 Å². The number of aromatic nitrogens is 1. The standard InChI is InChI=1S/C12H20N2O2/c1-11(10-16-8-7-15-2)14-9-12-5-3-4-6-13-12/h3-6,11,14H,7-10H2,1-2H3. The summed E-state index contributed by atoms with van der Waals surface area (Å²) in [4.78, 5) is 4.24. The quantitative estimate of drug-likeness (QED) is 0.674. The van der Waals surface area contributed by atoms with Gasteiger partial charge >= 0.3 is 0 Å². The Labute approximate surface area is 97.0 Å². The Kier molecular flexibility index (Phi) is 6.72. The van der Waals surface area contributed by atoms with Crippen LogP contribution in [0.15, 0.2) is 24.4 Å². The molecule has 0 aliphatic carbocycles. The number of pyridine rings is 1. The monoisotopic (exact) mass is 224 g/mol. The van der Waals surface area contributed by atoms with Gasteiger partial charge in [0.1, 0.15) is 0 Å². The van der Waals surface area contributed by atoms with Crippen LogP contribution < -0.4 is 5.32 Å². The van der Waals surface area contributed by atoms with Crippen molar-refractivity contribution in [2.45, 2.75) is 19.5 Å². The van der Waals surface area contributed by atoms with E-state index in [-0.39, 0.29) is 0 Å². The van der Waals surface area contributed by atoms with Gasteiger partial charge in [0.15, 0.2) is 0 Å². The lowest BCUT2D eigenvalue weighted by molar-refractivity contribution is 0.0608. The van der Waals surface area contributed by atoms with Gasteiger partial charge in [-0.3, -0.25) is 4.98 Å². The first-order valence-corrected chi connectivity index (χ1v) is 5.53. The van der Waals surface area contributed by atoms with Gasteiger partial charge < -0.3 is 14.8 Å². The van der Waals surface area contributed by atoms with Crippen molar-refractivity contribution in [3.8, 4) is 0 Å². The van der Waals surface area contributed by atoms with Gasteiger partial charge in [-0.2, -0.15) is 0 Å². The molecule has 0 bridgehead atoms. The van der Waals surface area contributed by atoms with Crippen LogP contribution in [0.2, 0.25) is 0 Å². The molecule has 1 aromatic rings. The van der Waals surface area contributed by atoms with Crippen molar-refractivity contribution in [2.75, 3.05) is 26.9 Å². The smallest absolute Gasteiger partial charge is 0.0701 e. The van der Waals surface area contributed by atoms with Crippen LogP contribution in [-0.4, -0.2) is 38.0 Å². The number of nitrogens with zero attached hydrogens (tertiary/aromatic N) is 1. The van der Waals surface area contributed by atoms with Crippen molar-refractivity contribution in [1.82, 2.24) is 10.3 Å². The van der Waals surface area contributed by atoms with Crippen molar-refractivity contribution >= 4 is 0 Å². The Morgan fingerprint density at radius 3 is 2.94 bits per heavy atom. The lowest BCUT2D eigenvalue weighted by atomic mass is 10.3. The normalized spacial score (nSPS) is 12.6. The number of hydrogen-bond acceptors (Lipinski definition) is 4. The summed E-state index contributed by atoms with van der Waals surface area (Å²) in [5.74, 6) is 0. The van der Waals surface area contributed by atoms with Crippen molar-refractivity contribution in [2.24, 2.45) is 0 Å². The van der Waals surface area contributed by atoms with Crippen LogP contribution in [0.3, 0.4) is 0 Å². The molecule has 0 saturated carbocycles. The minimum absolute atomic E-state index is 0.318. The number of hydrogen-bond donors (Lipinski definition) is 1. The van der Waals surface area contributed by atoms with E-state index in [2.05, 4.69) is 17.2 Å².